The molecule has 0 atom stereocenters. The summed E-state index contributed by atoms with van der Waals surface area (Å²) in [5.74, 6) is -0.115. The highest BCUT2D eigenvalue weighted by Crippen LogP contribution is 2.30. The Morgan fingerprint density at radius 1 is 1.47 bits per heavy atom. The number of carbonyl (C=O) groups excluding carboxylic acids is 1. The molecule has 0 radical (unpaired) electrons. The van der Waals surface area contributed by atoms with E-state index in [0.29, 0.717) is 12.1 Å². The summed E-state index contributed by atoms with van der Waals surface area (Å²) in [5, 5.41) is 1.55. The van der Waals surface area contributed by atoms with E-state index in [1.807, 2.05) is 0 Å². The number of nitrogens with zero attached hydrogens (tertiary/aromatic N) is 1. The lowest BCUT2D eigenvalue weighted by atomic mass is 9.84. The van der Waals surface area contributed by atoms with Gasteiger partial charge in [-0.3, -0.25) is 4.79 Å². The molecular weight excluding hydrogens is 306 g/mol. The zero-order valence-electron chi connectivity index (χ0n) is 10.8. The Morgan fingerprint density at radius 2 is 2.16 bits per heavy atom. The van der Waals surface area contributed by atoms with Gasteiger partial charge in [-0.05, 0) is 24.3 Å². The second kappa shape index (κ2) is 5.07. The van der Waals surface area contributed by atoms with E-state index in [1.165, 1.54) is 6.07 Å². The number of piperidine rings is 1. The van der Waals surface area contributed by atoms with Gasteiger partial charge in [-0.25, -0.2) is 8.42 Å². The first-order valence-corrected chi connectivity index (χ1v) is 9.20. The fraction of sp³-hybridized carbons (Fsp3) is 0.583. The molecule has 0 spiro atoms. The van der Waals surface area contributed by atoms with Crippen molar-refractivity contribution in [2.24, 2.45) is 5.41 Å². The van der Waals surface area contributed by atoms with E-state index in [4.69, 9.17) is 10.7 Å². The molecule has 1 saturated heterocycles. The summed E-state index contributed by atoms with van der Waals surface area (Å²) in [7, 11) is 1.52. The third kappa shape index (κ3) is 3.49. The van der Waals surface area contributed by atoms with Crippen molar-refractivity contribution in [3.05, 3.63) is 17.0 Å². The summed E-state index contributed by atoms with van der Waals surface area (Å²) in [6.07, 6.45) is 2.07. The van der Waals surface area contributed by atoms with Gasteiger partial charge in [0.15, 0.2) is 0 Å². The average molecular weight is 322 g/mol. The van der Waals surface area contributed by atoms with Crippen molar-refractivity contribution in [2.45, 2.75) is 30.9 Å². The first kappa shape index (κ1) is 14.8. The van der Waals surface area contributed by atoms with Crippen LogP contribution in [0.4, 0.5) is 0 Å². The monoisotopic (exact) mass is 321 g/mol. The van der Waals surface area contributed by atoms with E-state index >= 15 is 0 Å². The SMILES string of the molecule is CC1(C)CCCN(C(=O)c2csc(S(=O)(=O)Cl)c2)C1. The van der Waals surface area contributed by atoms with E-state index in [9.17, 15) is 13.2 Å². The Hall–Kier alpha value is -0.590. The molecule has 0 aromatic carbocycles. The summed E-state index contributed by atoms with van der Waals surface area (Å²) in [4.78, 5) is 14.1. The molecule has 4 nitrogen and oxygen atoms in total. The van der Waals surface area contributed by atoms with Crippen molar-refractivity contribution in [3.8, 4) is 0 Å². The summed E-state index contributed by atoms with van der Waals surface area (Å²) < 4.78 is 22.4. The molecule has 0 N–H and O–H groups in total. The van der Waals surface area contributed by atoms with Gasteiger partial charge < -0.3 is 4.90 Å². The summed E-state index contributed by atoms with van der Waals surface area (Å²) >= 11 is 0.981. The number of amides is 1. The fourth-order valence-electron chi connectivity index (χ4n) is 2.34. The van der Waals surface area contributed by atoms with Gasteiger partial charge in [0.25, 0.3) is 15.0 Å². The number of halogens is 1. The van der Waals surface area contributed by atoms with Gasteiger partial charge in [0.05, 0.1) is 5.56 Å². The number of thiophene rings is 1. The molecule has 1 aromatic heterocycles. The van der Waals surface area contributed by atoms with Crippen molar-refractivity contribution in [1.29, 1.82) is 0 Å². The highest BCUT2D eigenvalue weighted by atomic mass is 35.7. The quantitative estimate of drug-likeness (QED) is 0.787. The van der Waals surface area contributed by atoms with Gasteiger partial charge in [-0.1, -0.05) is 13.8 Å². The van der Waals surface area contributed by atoms with Gasteiger partial charge in [0.1, 0.15) is 4.21 Å². The molecule has 1 amide bonds. The molecule has 1 aromatic rings. The van der Waals surface area contributed by atoms with Crippen molar-refractivity contribution < 1.29 is 13.2 Å². The molecule has 0 unspecified atom stereocenters. The molecule has 0 saturated carbocycles. The van der Waals surface area contributed by atoms with Crippen LogP contribution in [0.2, 0.25) is 0 Å². The average Bonchev–Trinajstić information content (AvgIpc) is 2.75. The van der Waals surface area contributed by atoms with Crippen LogP contribution in [0.5, 0.6) is 0 Å². The molecule has 1 aliphatic rings. The number of likely N-dealkylation sites (tertiary alicyclic amines) is 1. The van der Waals surface area contributed by atoms with Crippen LogP contribution in [0.15, 0.2) is 15.7 Å². The van der Waals surface area contributed by atoms with Crippen LogP contribution in [0.3, 0.4) is 0 Å². The molecule has 1 aliphatic heterocycles. The third-order valence-electron chi connectivity index (χ3n) is 3.25. The van der Waals surface area contributed by atoms with Crippen molar-refractivity contribution in [3.63, 3.8) is 0 Å². The van der Waals surface area contributed by atoms with Gasteiger partial charge in [-0.2, -0.15) is 0 Å². The largest absolute Gasteiger partial charge is 0.338 e. The standard InChI is InChI=1S/C12H16ClNO3S2/c1-12(2)4-3-5-14(8-12)11(15)9-6-10(18-7-9)19(13,16)17/h6-7H,3-5,8H2,1-2H3. The van der Waals surface area contributed by atoms with Crippen LogP contribution in [-0.2, 0) is 9.05 Å². The lowest BCUT2D eigenvalue weighted by Gasteiger charge is -2.37. The second-order valence-electron chi connectivity index (χ2n) is 5.59. The van der Waals surface area contributed by atoms with Crippen LogP contribution in [0.25, 0.3) is 0 Å². The maximum atomic E-state index is 12.3. The molecule has 2 rings (SSSR count). The predicted molar refractivity (Wildman–Crippen MR) is 76.3 cm³/mol. The fourth-order valence-corrected chi connectivity index (χ4v) is 4.28. The zero-order chi connectivity index (χ0) is 14.3. The number of hydrogen-bond donors (Lipinski definition) is 0. The molecule has 1 fully saturated rings. The van der Waals surface area contributed by atoms with E-state index in [-0.39, 0.29) is 15.5 Å². The molecule has 19 heavy (non-hydrogen) atoms. The summed E-state index contributed by atoms with van der Waals surface area (Å²) in [6.45, 7) is 5.69. The highest BCUT2D eigenvalue weighted by molar-refractivity contribution is 8.15. The van der Waals surface area contributed by atoms with Crippen LogP contribution < -0.4 is 0 Å². The van der Waals surface area contributed by atoms with Gasteiger partial charge in [0, 0.05) is 29.2 Å². The van der Waals surface area contributed by atoms with Crippen LogP contribution >= 0.6 is 22.0 Å². The van der Waals surface area contributed by atoms with Crippen molar-refractivity contribution >= 4 is 37.0 Å². The normalized spacial score (nSPS) is 19.4. The van der Waals surface area contributed by atoms with Gasteiger partial charge in [-0.15, -0.1) is 11.3 Å². The predicted octanol–water partition coefficient (Wildman–Crippen LogP) is 2.94. The van der Waals surface area contributed by atoms with Gasteiger partial charge >= 0.3 is 0 Å². The Bertz CT molecular complexity index is 592. The Balaban J connectivity index is 2.18. The lowest BCUT2D eigenvalue weighted by Crippen LogP contribution is -2.43. The Kier molecular flexibility index (Phi) is 3.95. The van der Waals surface area contributed by atoms with E-state index in [1.54, 1.807) is 10.3 Å². The molecular formula is C12H16ClNO3S2. The van der Waals surface area contributed by atoms with E-state index < -0.39 is 9.05 Å². The van der Waals surface area contributed by atoms with E-state index in [2.05, 4.69) is 13.8 Å². The zero-order valence-corrected chi connectivity index (χ0v) is 13.2. The minimum Gasteiger partial charge on any atom is -0.338 e. The molecule has 0 bridgehead atoms. The highest BCUT2D eigenvalue weighted by Gasteiger charge is 2.30. The third-order valence-corrected chi connectivity index (χ3v) is 6.29. The minimum atomic E-state index is -3.75. The van der Waals surface area contributed by atoms with Crippen LogP contribution in [-0.4, -0.2) is 32.3 Å². The summed E-state index contributed by atoms with van der Waals surface area (Å²) in [5.41, 5.74) is 0.521. The topological polar surface area (TPSA) is 54.5 Å². The van der Waals surface area contributed by atoms with E-state index in [0.717, 1.165) is 30.7 Å². The Labute approximate surface area is 121 Å². The summed E-state index contributed by atoms with van der Waals surface area (Å²) in [6, 6.07) is 1.36. The number of hydrogen-bond acceptors (Lipinski definition) is 4. The van der Waals surface area contributed by atoms with Crippen molar-refractivity contribution in [2.75, 3.05) is 13.1 Å². The van der Waals surface area contributed by atoms with Crippen molar-refractivity contribution in [1.82, 2.24) is 4.90 Å². The second-order valence-corrected chi connectivity index (χ2v) is 9.29. The van der Waals surface area contributed by atoms with Crippen LogP contribution in [0, 0.1) is 5.41 Å². The van der Waals surface area contributed by atoms with Gasteiger partial charge in [0.2, 0.25) is 0 Å². The smallest absolute Gasteiger partial charge is 0.270 e. The van der Waals surface area contributed by atoms with Crippen LogP contribution in [0.1, 0.15) is 37.0 Å². The molecule has 106 valence electrons. The molecule has 2 heterocycles. The lowest BCUT2D eigenvalue weighted by molar-refractivity contribution is 0.0584. The molecule has 7 heteroatoms. The number of carbonyl (C=O) groups is 1. The first-order chi connectivity index (χ1) is 8.69. The first-order valence-electron chi connectivity index (χ1n) is 6.01. The minimum absolute atomic E-state index is 0.0220. The Morgan fingerprint density at radius 3 is 2.68 bits per heavy atom. The maximum Gasteiger partial charge on any atom is 0.270 e. The molecule has 0 aliphatic carbocycles. The maximum absolute atomic E-state index is 12.3. The number of rotatable bonds is 2.